The Kier molecular flexibility index (Phi) is 3.23. The third kappa shape index (κ3) is 2.58. The van der Waals surface area contributed by atoms with Gasteiger partial charge in [-0.25, -0.2) is 4.39 Å². The molecule has 0 aromatic heterocycles. The van der Waals surface area contributed by atoms with Crippen molar-refractivity contribution >= 4 is 11.6 Å². The highest BCUT2D eigenvalue weighted by atomic mass is 19.1. The molecule has 1 aromatic carbocycles. The maximum absolute atomic E-state index is 13.1. The van der Waals surface area contributed by atoms with Crippen molar-refractivity contribution in [3.05, 3.63) is 36.2 Å². The molecule has 74 valence electrons. The number of nitrogens with one attached hydrogen (secondary N) is 1. The van der Waals surface area contributed by atoms with Crippen LogP contribution < -0.4 is 5.32 Å². The Morgan fingerprint density at radius 3 is 2.86 bits per heavy atom. The van der Waals surface area contributed by atoms with Crippen LogP contribution in [-0.4, -0.2) is 11.0 Å². The molecule has 0 heterocycles. The molecule has 3 nitrogen and oxygen atoms in total. The van der Waals surface area contributed by atoms with Crippen molar-refractivity contribution < 1.29 is 14.3 Å². The quantitative estimate of drug-likeness (QED) is 0.560. The number of anilines is 1. The third-order valence-corrected chi connectivity index (χ3v) is 1.53. The fourth-order valence-electron chi connectivity index (χ4n) is 0.931. The van der Waals surface area contributed by atoms with E-state index in [-0.39, 0.29) is 11.4 Å². The van der Waals surface area contributed by atoms with Crippen molar-refractivity contribution in [2.45, 2.75) is 6.92 Å². The summed E-state index contributed by atoms with van der Waals surface area (Å²) in [6, 6.07) is 3.53. The highest BCUT2D eigenvalue weighted by molar-refractivity contribution is 5.99. The molecule has 0 radical (unpaired) electrons. The largest absolute Gasteiger partial charge is 0.508 e. The summed E-state index contributed by atoms with van der Waals surface area (Å²) in [5.41, 5.74) is 0.0471. The molecule has 14 heavy (non-hydrogen) atoms. The molecule has 4 heteroatoms. The van der Waals surface area contributed by atoms with Gasteiger partial charge in [0.15, 0.2) is 0 Å². The van der Waals surface area contributed by atoms with Crippen LogP contribution in [0, 0.1) is 5.82 Å². The molecule has 1 aromatic rings. The molecule has 2 N–H and O–H groups in total. The van der Waals surface area contributed by atoms with E-state index in [1.54, 1.807) is 13.0 Å². The van der Waals surface area contributed by atoms with Gasteiger partial charge in [-0.3, -0.25) is 4.79 Å². The zero-order valence-corrected chi connectivity index (χ0v) is 7.62. The number of allylic oxidation sites excluding steroid dienone is 1. The Balaban J connectivity index is 2.82. The fraction of sp³-hybridized carbons (Fsp3) is 0.100. The van der Waals surface area contributed by atoms with Crippen LogP contribution in [0.2, 0.25) is 0 Å². The number of carbonyl (C=O) groups is 1. The molecule has 1 rings (SSSR count). The van der Waals surface area contributed by atoms with E-state index in [2.05, 4.69) is 5.32 Å². The van der Waals surface area contributed by atoms with Crippen molar-refractivity contribution in [3.63, 3.8) is 0 Å². The number of phenolic OH excluding ortho intramolecular Hbond substituents is 1. The Morgan fingerprint density at radius 2 is 2.29 bits per heavy atom. The lowest BCUT2D eigenvalue weighted by molar-refractivity contribution is -0.111. The minimum absolute atomic E-state index is 0.0471. The fourth-order valence-corrected chi connectivity index (χ4v) is 0.931. The number of hydrogen-bond acceptors (Lipinski definition) is 2. The topological polar surface area (TPSA) is 49.3 Å². The van der Waals surface area contributed by atoms with Gasteiger partial charge in [0.05, 0.1) is 5.69 Å². The molecule has 0 fully saturated rings. The second-order valence-corrected chi connectivity index (χ2v) is 2.65. The summed E-state index contributed by atoms with van der Waals surface area (Å²) in [4.78, 5) is 11.0. The smallest absolute Gasteiger partial charge is 0.248 e. The number of benzene rings is 1. The molecular formula is C10H10FNO2. The molecular weight excluding hydrogens is 185 g/mol. The Hall–Kier alpha value is -1.84. The van der Waals surface area contributed by atoms with Crippen LogP contribution in [0.25, 0.3) is 0 Å². The van der Waals surface area contributed by atoms with Gasteiger partial charge in [0.2, 0.25) is 5.91 Å². The first-order valence-corrected chi connectivity index (χ1v) is 4.05. The van der Waals surface area contributed by atoms with E-state index in [9.17, 15) is 9.18 Å². The van der Waals surface area contributed by atoms with Gasteiger partial charge in [0, 0.05) is 6.07 Å². The van der Waals surface area contributed by atoms with E-state index in [1.165, 1.54) is 18.2 Å². The number of carbonyl (C=O) groups excluding carboxylic acids is 1. The number of rotatable bonds is 2. The minimum atomic E-state index is -0.664. The average molecular weight is 195 g/mol. The summed E-state index contributed by atoms with van der Waals surface area (Å²) >= 11 is 0. The molecule has 0 aliphatic heterocycles. The lowest BCUT2D eigenvalue weighted by Crippen LogP contribution is -2.08. The number of halogens is 1. The van der Waals surface area contributed by atoms with E-state index in [0.29, 0.717) is 0 Å². The normalized spacial score (nSPS) is 10.4. The van der Waals surface area contributed by atoms with Crippen molar-refractivity contribution in [3.8, 4) is 5.75 Å². The maximum atomic E-state index is 13.1. The van der Waals surface area contributed by atoms with Crippen LogP contribution in [-0.2, 0) is 4.79 Å². The van der Waals surface area contributed by atoms with Crippen molar-refractivity contribution in [2.75, 3.05) is 5.32 Å². The van der Waals surface area contributed by atoms with E-state index in [4.69, 9.17) is 5.11 Å². The van der Waals surface area contributed by atoms with Gasteiger partial charge < -0.3 is 10.4 Å². The van der Waals surface area contributed by atoms with Gasteiger partial charge in [-0.2, -0.15) is 0 Å². The van der Waals surface area contributed by atoms with Crippen LogP contribution in [0.15, 0.2) is 30.4 Å². The molecule has 0 aliphatic carbocycles. The molecule has 0 atom stereocenters. The van der Waals surface area contributed by atoms with E-state index >= 15 is 0 Å². The first kappa shape index (κ1) is 10.2. The van der Waals surface area contributed by atoms with Crippen LogP contribution in [0.4, 0.5) is 10.1 Å². The van der Waals surface area contributed by atoms with Gasteiger partial charge in [-0.15, -0.1) is 0 Å². The van der Waals surface area contributed by atoms with Gasteiger partial charge in [0.25, 0.3) is 0 Å². The molecule has 0 saturated carbocycles. The SMILES string of the molecule is CC=CC(=O)Nc1ccc(O)cc1F. The van der Waals surface area contributed by atoms with Gasteiger partial charge in [-0.05, 0) is 25.1 Å². The molecule has 0 unspecified atom stereocenters. The summed E-state index contributed by atoms with van der Waals surface area (Å²) in [6.07, 6.45) is 2.83. The number of aromatic hydroxyl groups is 1. The summed E-state index contributed by atoms with van der Waals surface area (Å²) in [5, 5.41) is 11.2. The molecule has 0 spiro atoms. The van der Waals surface area contributed by atoms with Gasteiger partial charge >= 0.3 is 0 Å². The Labute approximate surface area is 80.9 Å². The van der Waals surface area contributed by atoms with Crippen LogP contribution in [0.5, 0.6) is 5.75 Å². The summed E-state index contributed by atoms with van der Waals surface area (Å²) < 4.78 is 13.1. The molecule has 0 bridgehead atoms. The molecule has 1 amide bonds. The number of hydrogen-bond donors (Lipinski definition) is 2. The standard InChI is InChI=1S/C10H10FNO2/c1-2-3-10(14)12-9-5-4-7(13)6-8(9)11/h2-6,13H,1H3,(H,12,14). The number of amides is 1. The predicted octanol–water partition coefficient (Wildman–Crippen LogP) is 2.05. The highest BCUT2D eigenvalue weighted by Crippen LogP contribution is 2.19. The lowest BCUT2D eigenvalue weighted by Gasteiger charge is -2.03. The highest BCUT2D eigenvalue weighted by Gasteiger charge is 2.04. The predicted molar refractivity (Wildman–Crippen MR) is 51.5 cm³/mol. The zero-order chi connectivity index (χ0) is 10.6. The average Bonchev–Trinajstić information content (AvgIpc) is 2.10. The summed E-state index contributed by atoms with van der Waals surface area (Å²) in [6.45, 7) is 1.69. The van der Waals surface area contributed by atoms with Crippen molar-refractivity contribution in [1.29, 1.82) is 0 Å². The first-order valence-electron chi connectivity index (χ1n) is 4.05. The first-order chi connectivity index (χ1) is 6.63. The van der Waals surface area contributed by atoms with Crippen LogP contribution in [0.1, 0.15) is 6.92 Å². The molecule has 0 aliphatic rings. The Morgan fingerprint density at radius 1 is 1.57 bits per heavy atom. The second-order valence-electron chi connectivity index (χ2n) is 2.65. The van der Waals surface area contributed by atoms with Gasteiger partial charge in [0.1, 0.15) is 11.6 Å². The summed E-state index contributed by atoms with van der Waals surface area (Å²) in [5.74, 6) is -1.24. The lowest BCUT2D eigenvalue weighted by atomic mass is 10.3. The van der Waals surface area contributed by atoms with Crippen LogP contribution in [0.3, 0.4) is 0 Å². The van der Waals surface area contributed by atoms with E-state index in [0.717, 1.165) is 6.07 Å². The monoisotopic (exact) mass is 195 g/mol. The van der Waals surface area contributed by atoms with Crippen LogP contribution >= 0.6 is 0 Å². The summed E-state index contributed by atoms with van der Waals surface area (Å²) in [7, 11) is 0. The van der Waals surface area contributed by atoms with E-state index < -0.39 is 11.7 Å². The molecule has 0 saturated heterocycles. The van der Waals surface area contributed by atoms with Crippen molar-refractivity contribution in [1.82, 2.24) is 0 Å². The minimum Gasteiger partial charge on any atom is -0.508 e. The zero-order valence-electron chi connectivity index (χ0n) is 7.62. The maximum Gasteiger partial charge on any atom is 0.248 e. The van der Waals surface area contributed by atoms with Gasteiger partial charge in [-0.1, -0.05) is 6.08 Å². The van der Waals surface area contributed by atoms with Crippen molar-refractivity contribution in [2.24, 2.45) is 0 Å². The number of phenols is 1. The van der Waals surface area contributed by atoms with E-state index in [1.807, 2.05) is 0 Å². The third-order valence-electron chi connectivity index (χ3n) is 1.53. The Bertz CT molecular complexity index is 374. The second kappa shape index (κ2) is 4.41.